The van der Waals surface area contributed by atoms with E-state index in [1.54, 1.807) is 0 Å². The van der Waals surface area contributed by atoms with E-state index < -0.39 is 11.7 Å². The third-order valence-corrected chi connectivity index (χ3v) is 3.14. The first-order chi connectivity index (χ1) is 8.90. The van der Waals surface area contributed by atoms with E-state index in [4.69, 9.17) is 0 Å². The van der Waals surface area contributed by atoms with Crippen LogP contribution >= 0.6 is 0 Å². The molecule has 0 heterocycles. The molecule has 0 spiro atoms. The van der Waals surface area contributed by atoms with Crippen LogP contribution < -0.4 is 0 Å². The third-order valence-electron chi connectivity index (χ3n) is 3.14. The van der Waals surface area contributed by atoms with E-state index in [1.807, 2.05) is 13.8 Å². The Labute approximate surface area is 111 Å². The third kappa shape index (κ3) is 4.37. The zero-order valence-corrected chi connectivity index (χ0v) is 11.3. The Morgan fingerprint density at radius 2 is 1.53 bits per heavy atom. The van der Waals surface area contributed by atoms with Crippen molar-refractivity contribution in [2.24, 2.45) is 5.92 Å². The first kappa shape index (κ1) is 15.7. The summed E-state index contributed by atoms with van der Waals surface area (Å²) in [6, 6.07) is 4.51. The molecule has 1 aromatic carbocycles. The number of benzene rings is 1. The van der Waals surface area contributed by atoms with Gasteiger partial charge in [0.05, 0.1) is 5.56 Å². The highest BCUT2D eigenvalue weighted by Crippen LogP contribution is 2.29. The molecule has 106 valence electrons. The number of hydrogen-bond acceptors (Lipinski definition) is 1. The lowest BCUT2D eigenvalue weighted by atomic mass is 9.89. The molecule has 0 bridgehead atoms. The Bertz CT molecular complexity index is 400. The summed E-state index contributed by atoms with van der Waals surface area (Å²) < 4.78 is 37.3. The highest BCUT2D eigenvalue weighted by atomic mass is 19.4. The minimum atomic E-state index is -4.35. The second-order valence-electron chi connectivity index (χ2n) is 4.71. The van der Waals surface area contributed by atoms with Crippen molar-refractivity contribution in [3.8, 4) is 0 Å². The van der Waals surface area contributed by atoms with Gasteiger partial charge in [-0.25, -0.2) is 0 Å². The first-order valence-electron chi connectivity index (χ1n) is 6.61. The maximum atomic E-state index is 12.4. The van der Waals surface area contributed by atoms with Crippen LogP contribution in [0.3, 0.4) is 0 Å². The zero-order valence-electron chi connectivity index (χ0n) is 11.3. The van der Waals surface area contributed by atoms with Gasteiger partial charge in [-0.2, -0.15) is 13.2 Å². The van der Waals surface area contributed by atoms with Crippen LogP contribution in [0.1, 0.15) is 55.5 Å². The van der Waals surface area contributed by atoms with Crippen LogP contribution in [0, 0.1) is 5.92 Å². The summed E-state index contributed by atoms with van der Waals surface area (Å²) in [5.41, 5.74) is -0.341. The number of alkyl halides is 3. The quantitative estimate of drug-likeness (QED) is 0.658. The molecule has 1 aromatic rings. The molecule has 0 aliphatic rings. The predicted molar refractivity (Wildman–Crippen MR) is 69.1 cm³/mol. The number of halogens is 3. The van der Waals surface area contributed by atoms with Crippen LogP contribution in [0.25, 0.3) is 0 Å². The van der Waals surface area contributed by atoms with E-state index in [0.717, 1.165) is 37.8 Å². The molecule has 19 heavy (non-hydrogen) atoms. The van der Waals surface area contributed by atoms with Crippen molar-refractivity contribution >= 4 is 5.78 Å². The van der Waals surface area contributed by atoms with Gasteiger partial charge in [0.2, 0.25) is 0 Å². The van der Waals surface area contributed by atoms with Crippen LogP contribution in [0.4, 0.5) is 13.2 Å². The van der Waals surface area contributed by atoms with Gasteiger partial charge >= 0.3 is 6.18 Å². The number of hydrogen-bond donors (Lipinski definition) is 0. The highest BCUT2D eigenvalue weighted by molar-refractivity contribution is 5.97. The molecule has 0 saturated carbocycles. The number of carbonyl (C=O) groups is 1. The van der Waals surface area contributed by atoms with E-state index in [-0.39, 0.29) is 11.7 Å². The van der Waals surface area contributed by atoms with E-state index in [2.05, 4.69) is 0 Å². The topological polar surface area (TPSA) is 17.1 Å². The second kappa shape index (κ2) is 6.73. The second-order valence-corrected chi connectivity index (χ2v) is 4.71. The van der Waals surface area contributed by atoms with Crippen LogP contribution in [0.15, 0.2) is 24.3 Å². The predicted octanol–water partition coefficient (Wildman–Crippen LogP) is 5.10. The van der Waals surface area contributed by atoms with Crippen molar-refractivity contribution in [1.82, 2.24) is 0 Å². The van der Waals surface area contributed by atoms with Crippen molar-refractivity contribution in [2.45, 2.75) is 45.7 Å². The van der Waals surface area contributed by atoms with Crippen molar-refractivity contribution in [2.75, 3.05) is 0 Å². The normalized spacial score (nSPS) is 11.9. The zero-order chi connectivity index (χ0) is 14.5. The number of rotatable bonds is 6. The van der Waals surface area contributed by atoms with Gasteiger partial charge in [-0.05, 0) is 25.0 Å². The van der Waals surface area contributed by atoms with Gasteiger partial charge in [0.25, 0.3) is 0 Å². The standard InChI is InChI=1S/C15H19F3O/c1-3-5-11(6-4-2)14(19)12-7-9-13(10-8-12)15(16,17)18/h7-11H,3-6H2,1-2H3. The number of Topliss-reactive ketones (excluding diaryl/α,β-unsaturated/α-hetero) is 1. The fraction of sp³-hybridized carbons (Fsp3) is 0.533. The van der Waals surface area contributed by atoms with Gasteiger partial charge in [-0.1, -0.05) is 38.8 Å². The largest absolute Gasteiger partial charge is 0.416 e. The summed E-state index contributed by atoms with van der Waals surface area (Å²) in [4.78, 5) is 12.2. The molecular formula is C15H19F3O. The van der Waals surface area contributed by atoms with Crippen LogP contribution in [-0.4, -0.2) is 5.78 Å². The molecule has 0 saturated heterocycles. The lowest BCUT2D eigenvalue weighted by molar-refractivity contribution is -0.137. The molecule has 0 amide bonds. The fourth-order valence-corrected chi connectivity index (χ4v) is 2.16. The average molecular weight is 272 g/mol. The molecule has 0 aliphatic heterocycles. The maximum Gasteiger partial charge on any atom is 0.416 e. The summed E-state index contributed by atoms with van der Waals surface area (Å²) >= 11 is 0. The molecule has 0 atom stereocenters. The summed E-state index contributed by atoms with van der Waals surface area (Å²) in [5, 5.41) is 0. The lowest BCUT2D eigenvalue weighted by Crippen LogP contribution is -2.15. The Balaban J connectivity index is 2.87. The summed E-state index contributed by atoms with van der Waals surface area (Å²) in [5.74, 6) is -0.121. The van der Waals surface area contributed by atoms with Gasteiger partial charge in [0.1, 0.15) is 0 Å². The lowest BCUT2D eigenvalue weighted by Gasteiger charge is -2.14. The highest BCUT2D eigenvalue weighted by Gasteiger charge is 2.30. The van der Waals surface area contributed by atoms with Crippen LogP contribution in [0.5, 0.6) is 0 Å². The first-order valence-corrected chi connectivity index (χ1v) is 6.61. The van der Waals surface area contributed by atoms with Crippen LogP contribution in [0.2, 0.25) is 0 Å². The Morgan fingerprint density at radius 1 is 1.05 bits per heavy atom. The molecule has 1 nitrogen and oxygen atoms in total. The maximum absolute atomic E-state index is 12.4. The van der Waals surface area contributed by atoms with Gasteiger partial charge in [0, 0.05) is 11.5 Å². The Kier molecular flexibility index (Phi) is 5.58. The molecule has 0 fully saturated rings. The summed E-state index contributed by atoms with van der Waals surface area (Å²) in [6.07, 6.45) is -0.983. The van der Waals surface area contributed by atoms with E-state index in [9.17, 15) is 18.0 Å². The smallest absolute Gasteiger partial charge is 0.294 e. The minimum absolute atomic E-state index is 0.0441. The molecular weight excluding hydrogens is 253 g/mol. The van der Waals surface area contributed by atoms with E-state index in [0.29, 0.717) is 5.56 Å². The molecule has 0 unspecified atom stereocenters. The van der Waals surface area contributed by atoms with E-state index >= 15 is 0 Å². The van der Waals surface area contributed by atoms with Crippen LogP contribution in [-0.2, 0) is 6.18 Å². The van der Waals surface area contributed by atoms with Crippen molar-refractivity contribution in [3.05, 3.63) is 35.4 Å². The molecule has 0 aliphatic carbocycles. The Hall–Kier alpha value is -1.32. The minimum Gasteiger partial charge on any atom is -0.294 e. The van der Waals surface area contributed by atoms with E-state index in [1.165, 1.54) is 12.1 Å². The molecule has 4 heteroatoms. The van der Waals surface area contributed by atoms with Crippen molar-refractivity contribution in [1.29, 1.82) is 0 Å². The van der Waals surface area contributed by atoms with Gasteiger partial charge in [-0.15, -0.1) is 0 Å². The molecule has 0 aromatic heterocycles. The number of carbonyl (C=O) groups excluding carboxylic acids is 1. The molecule has 0 radical (unpaired) electrons. The van der Waals surface area contributed by atoms with Crippen molar-refractivity contribution < 1.29 is 18.0 Å². The number of ketones is 1. The van der Waals surface area contributed by atoms with Crippen molar-refractivity contribution in [3.63, 3.8) is 0 Å². The molecule has 1 rings (SSSR count). The summed E-state index contributed by atoms with van der Waals surface area (Å²) in [7, 11) is 0. The molecule has 0 N–H and O–H groups in total. The fourth-order valence-electron chi connectivity index (χ4n) is 2.16. The van der Waals surface area contributed by atoms with Gasteiger partial charge in [-0.3, -0.25) is 4.79 Å². The SMILES string of the molecule is CCCC(CCC)C(=O)c1ccc(C(F)(F)F)cc1. The Morgan fingerprint density at radius 3 is 1.89 bits per heavy atom. The van der Waals surface area contributed by atoms with Gasteiger partial charge in [0.15, 0.2) is 5.78 Å². The average Bonchev–Trinajstić information content (AvgIpc) is 2.37. The summed E-state index contributed by atoms with van der Waals surface area (Å²) in [6.45, 7) is 4.01. The monoisotopic (exact) mass is 272 g/mol. The van der Waals surface area contributed by atoms with Gasteiger partial charge < -0.3 is 0 Å².